The van der Waals surface area contributed by atoms with Crippen LogP contribution in [0.5, 0.6) is 0 Å². The molecule has 0 saturated heterocycles. The van der Waals surface area contributed by atoms with Crippen molar-refractivity contribution < 1.29 is 17.9 Å². The molecular formula is C17H26N2O4S. The largest absolute Gasteiger partial charge is 0.381 e. The lowest BCUT2D eigenvalue weighted by molar-refractivity contribution is -0.122. The van der Waals surface area contributed by atoms with Crippen molar-refractivity contribution in [3.05, 3.63) is 29.8 Å². The first-order valence-electron chi connectivity index (χ1n) is 8.33. The lowest BCUT2D eigenvalue weighted by Crippen LogP contribution is -2.37. The van der Waals surface area contributed by atoms with Gasteiger partial charge in [-0.05, 0) is 24.0 Å². The zero-order valence-corrected chi connectivity index (χ0v) is 15.1. The maximum atomic E-state index is 12.5. The van der Waals surface area contributed by atoms with Gasteiger partial charge in [-0.3, -0.25) is 9.10 Å². The third-order valence-corrected chi connectivity index (χ3v) is 5.56. The number of amides is 1. The quantitative estimate of drug-likeness (QED) is 0.683. The zero-order chi connectivity index (χ0) is 17.6. The van der Waals surface area contributed by atoms with Crippen molar-refractivity contribution in [3.8, 4) is 0 Å². The summed E-state index contributed by atoms with van der Waals surface area (Å²) in [6, 6.07) is 7.52. The molecule has 0 fully saturated rings. The minimum absolute atomic E-state index is 0.0973. The van der Waals surface area contributed by atoms with Gasteiger partial charge in [-0.2, -0.15) is 0 Å². The summed E-state index contributed by atoms with van der Waals surface area (Å²) in [7, 11) is -3.42. The summed E-state index contributed by atoms with van der Waals surface area (Å²) >= 11 is 0. The van der Waals surface area contributed by atoms with Crippen molar-refractivity contribution in [2.75, 3.05) is 36.4 Å². The summed E-state index contributed by atoms with van der Waals surface area (Å²) in [5.74, 6) is 0.150. The Hall–Kier alpha value is -1.60. The van der Waals surface area contributed by atoms with E-state index >= 15 is 0 Å². The molecule has 24 heavy (non-hydrogen) atoms. The molecule has 1 aromatic rings. The topological polar surface area (TPSA) is 75.7 Å². The monoisotopic (exact) mass is 354 g/mol. The predicted molar refractivity (Wildman–Crippen MR) is 94.6 cm³/mol. The Morgan fingerprint density at radius 1 is 1.33 bits per heavy atom. The van der Waals surface area contributed by atoms with Crippen molar-refractivity contribution in [1.82, 2.24) is 5.32 Å². The molecule has 0 bridgehead atoms. The number of carbonyl (C=O) groups excluding carboxylic acids is 1. The second-order valence-electron chi connectivity index (χ2n) is 6.34. The fourth-order valence-electron chi connectivity index (χ4n) is 2.60. The number of hydrogen-bond donors (Lipinski definition) is 1. The van der Waals surface area contributed by atoms with Gasteiger partial charge in [0.1, 0.15) is 0 Å². The van der Waals surface area contributed by atoms with E-state index in [2.05, 4.69) is 5.32 Å². The number of hydrogen-bond acceptors (Lipinski definition) is 4. The van der Waals surface area contributed by atoms with E-state index in [-0.39, 0.29) is 24.6 Å². The highest BCUT2D eigenvalue weighted by atomic mass is 32.2. The van der Waals surface area contributed by atoms with Crippen LogP contribution in [0.4, 0.5) is 5.69 Å². The molecule has 1 N–H and O–H groups in total. The van der Waals surface area contributed by atoms with Crippen molar-refractivity contribution in [3.63, 3.8) is 0 Å². The van der Waals surface area contributed by atoms with Crippen LogP contribution >= 0.6 is 0 Å². The van der Waals surface area contributed by atoms with Gasteiger partial charge >= 0.3 is 0 Å². The zero-order valence-electron chi connectivity index (χ0n) is 14.3. The summed E-state index contributed by atoms with van der Waals surface area (Å²) in [5, 5.41) is 2.65. The van der Waals surface area contributed by atoms with Gasteiger partial charge in [0.15, 0.2) is 0 Å². The molecule has 0 aromatic heterocycles. The highest BCUT2D eigenvalue weighted by Crippen LogP contribution is 2.29. The van der Waals surface area contributed by atoms with Crippen LogP contribution in [0, 0.1) is 5.92 Å². The molecule has 0 radical (unpaired) electrons. The first-order valence-corrected chi connectivity index (χ1v) is 9.94. The second-order valence-corrected chi connectivity index (χ2v) is 8.35. The Balaban J connectivity index is 1.75. The smallest absolute Gasteiger partial charge is 0.236 e. The van der Waals surface area contributed by atoms with Gasteiger partial charge in [0.05, 0.1) is 18.0 Å². The van der Waals surface area contributed by atoms with E-state index < -0.39 is 10.0 Å². The summed E-state index contributed by atoms with van der Waals surface area (Å²) < 4.78 is 31.7. The fraction of sp³-hybridized carbons (Fsp3) is 0.588. The number of rotatable bonds is 9. The van der Waals surface area contributed by atoms with Gasteiger partial charge in [-0.15, -0.1) is 0 Å². The van der Waals surface area contributed by atoms with E-state index in [0.717, 1.165) is 17.7 Å². The van der Waals surface area contributed by atoms with Crippen LogP contribution in [0.1, 0.15) is 25.8 Å². The van der Waals surface area contributed by atoms with Crippen molar-refractivity contribution in [2.45, 2.75) is 26.7 Å². The van der Waals surface area contributed by atoms with Gasteiger partial charge in [0.25, 0.3) is 0 Å². The van der Waals surface area contributed by atoms with E-state index in [9.17, 15) is 13.2 Å². The minimum Gasteiger partial charge on any atom is -0.381 e. The van der Waals surface area contributed by atoms with Crippen LogP contribution in [0.2, 0.25) is 0 Å². The number of anilines is 1. The number of nitrogens with zero attached hydrogens (tertiary/aromatic N) is 1. The van der Waals surface area contributed by atoms with Gasteiger partial charge in [-0.25, -0.2) is 8.42 Å². The first-order chi connectivity index (χ1) is 11.4. The third kappa shape index (κ3) is 5.21. The van der Waals surface area contributed by atoms with Crippen LogP contribution in [0.25, 0.3) is 0 Å². The lowest BCUT2D eigenvalue weighted by atomic mass is 10.2. The molecule has 0 atom stereocenters. The summed E-state index contributed by atoms with van der Waals surface area (Å²) in [6.45, 7) is 5.65. The van der Waals surface area contributed by atoms with Crippen LogP contribution in [-0.2, 0) is 26.0 Å². The first kappa shape index (κ1) is 18.7. The number of para-hydroxylation sites is 1. The molecule has 6 nitrogen and oxygen atoms in total. The average molecular weight is 354 g/mol. The van der Waals surface area contributed by atoms with Crippen molar-refractivity contribution in [1.29, 1.82) is 0 Å². The normalized spacial score (nSPS) is 14.0. The molecule has 0 spiro atoms. The molecule has 1 heterocycles. The molecule has 1 aromatic carbocycles. The molecule has 2 rings (SSSR count). The van der Waals surface area contributed by atoms with Crippen molar-refractivity contribution >= 4 is 21.6 Å². The van der Waals surface area contributed by atoms with E-state index in [0.29, 0.717) is 25.7 Å². The van der Waals surface area contributed by atoms with E-state index in [4.69, 9.17) is 4.74 Å². The number of nitrogens with one attached hydrogen (secondary N) is 1. The minimum atomic E-state index is -3.42. The molecule has 134 valence electrons. The molecule has 0 unspecified atom stereocenters. The Bertz CT molecular complexity index is 658. The number of benzene rings is 1. The third-order valence-electron chi connectivity index (χ3n) is 3.79. The van der Waals surface area contributed by atoms with E-state index in [1.54, 1.807) is 0 Å². The maximum absolute atomic E-state index is 12.5. The van der Waals surface area contributed by atoms with Gasteiger partial charge in [0, 0.05) is 26.1 Å². The maximum Gasteiger partial charge on any atom is 0.236 e. The van der Waals surface area contributed by atoms with Gasteiger partial charge in [-0.1, -0.05) is 32.0 Å². The van der Waals surface area contributed by atoms with Crippen LogP contribution in [-0.4, -0.2) is 46.4 Å². The predicted octanol–water partition coefficient (Wildman–Crippen LogP) is 1.56. The Kier molecular flexibility index (Phi) is 6.62. The second kappa shape index (κ2) is 8.48. The van der Waals surface area contributed by atoms with Crippen LogP contribution in [0.3, 0.4) is 0 Å². The Labute approximate surface area is 144 Å². The Morgan fingerprint density at radius 3 is 2.83 bits per heavy atom. The average Bonchev–Trinajstić information content (AvgIpc) is 2.96. The van der Waals surface area contributed by atoms with E-state index in [1.165, 1.54) is 4.31 Å². The molecule has 7 heteroatoms. The van der Waals surface area contributed by atoms with Crippen molar-refractivity contribution in [2.24, 2.45) is 5.92 Å². The molecule has 1 amide bonds. The SMILES string of the molecule is CC(C)COCCC(=O)NCCS(=O)(=O)N1CCc2ccccc21. The molecule has 1 aliphatic heterocycles. The highest BCUT2D eigenvalue weighted by Gasteiger charge is 2.28. The number of sulfonamides is 1. The van der Waals surface area contributed by atoms with Crippen LogP contribution < -0.4 is 9.62 Å². The molecular weight excluding hydrogens is 328 g/mol. The molecule has 1 aliphatic rings. The number of carbonyl (C=O) groups is 1. The van der Waals surface area contributed by atoms with E-state index in [1.807, 2.05) is 38.1 Å². The molecule has 0 aliphatic carbocycles. The summed E-state index contributed by atoms with van der Waals surface area (Å²) in [4.78, 5) is 11.7. The standard InChI is InChI=1S/C17H26N2O4S/c1-14(2)13-23-11-8-17(20)18-9-12-24(21,22)19-10-7-15-5-3-4-6-16(15)19/h3-6,14H,7-13H2,1-2H3,(H,18,20). The molecule has 0 saturated carbocycles. The lowest BCUT2D eigenvalue weighted by Gasteiger charge is -2.19. The summed E-state index contributed by atoms with van der Waals surface area (Å²) in [5.41, 5.74) is 1.80. The van der Waals surface area contributed by atoms with Gasteiger partial charge < -0.3 is 10.1 Å². The highest BCUT2D eigenvalue weighted by molar-refractivity contribution is 7.92. The summed E-state index contributed by atoms with van der Waals surface area (Å²) in [6.07, 6.45) is 0.980. The van der Waals surface area contributed by atoms with Crippen LogP contribution in [0.15, 0.2) is 24.3 Å². The number of fused-ring (bicyclic) bond motifs is 1. The Morgan fingerprint density at radius 2 is 2.08 bits per heavy atom. The fourth-order valence-corrected chi connectivity index (χ4v) is 4.03. The van der Waals surface area contributed by atoms with Gasteiger partial charge in [0.2, 0.25) is 15.9 Å². The number of ether oxygens (including phenoxy) is 1.